The van der Waals surface area contributed by atoms with Crippen molar-refractivity contribution in [1.82, 2.24) is 0 Å². The maximum Gasteiger partial charge on any atom is 0.137 e. The first-order valence-corrected chi connectivity index (χ1v) is 20.2. The fourth-order valence-electron chi connectivity index (χ4n) is 9.09. The largest absolute Gasteiger partial charge is 0.456 e. The van der Waals surface area contributed by atoms with E-state index in [4.69, 9.17) is 4.42 Å². The molecule has 0 amide bonds. The molecule has 0 saturated carbocycles. The zero-order valence-corrected chi connectivity index (χ0v) is 31.6. The third kappa shape index (κ3) is 4.96. The number of benzene rings is 10. The molecule has 0 saturated heterocycles. The smallest absolute Gasteiger partial charge is 0.137 e. The number of para-hydroxylation sites is 1. The molecular formula is C54H33NOS. The van der Waals surface area contributed by atoms with Crippen molar-refractivity contribution in [3.05, 3.63) is 200 Å². The van der Waals surface area contributed by atoms with Gasteiger partial charge >= 0.3 is 0 Å². The number of nitrogens with zero attached hydrogens (tertiary/aromatic N) is 1. The van der Waals surface area contributed by atoms with E-state index in [-0.39, 0.29) is 0 Å². The highest BCUT2D eigenvalue weighted by molar-refractivity contribution is 7.26. The highest BCUT2D eigenvalue weighted by Gasteiger charge is 2.26. The Labute approximate surface area is 333 Å². The van der Waals surface area contributed by atoms with Crippen LogP contribution in [0, 0.1) is 0 Å². The Hall–Kier alpha value is -7.20. The number of rotatable bonds is 5. The SMILES string of the molecule is c1ccc2cc(-c3c(N(c4ccc(-c5cccc6c5sc5ccccc56)cc4)c4cccc5oc6ccccc6c45)c4ccccc4c4ccccc34)ccc2c1. The molecular weight excluding hydrogens is 711 g/mol. The molecule has 0 aliphatic rings. The lowest BCUT2D eigenvalue weighted by Crippen LogP contribution is -2.13. The Morgan fingerprint density at radius 2 is 1.02 bits per heavy atom. The van der Waals surface area contributed by atoms with Crippen LogP contribution in [0.5, 0.6) is 0 Å². The maximum absolute atomic E-state index is 6.55. The molecule has 2 aromatic heterocycles. The number of hydrogen-bond donors (Lipinski definition) is 0. The van der Waals surface area contributed by atoms with E-state index in [2.05, 4.69) is 199 Å². The normalized spacial score (nSPS) is 11.9. The van der Waals surface area contributed by atoms with E-state index in [1.54, 1.807) is 0 Å². The van der Waals surface area contributed by atoms with Crippen molar-refractivity contribution in [2.75, 3.05) is 4.90 Å². The number of anilines is 3. The van der Waals surface area contributed by atoms with Crippen LogP contribution in [0.1, 0.15) is 0 Å². The Morgan fingerprint density at radius 3 is 1.86 bits per heavy atom. The molecule has 2 heterocycles. The van der Waals surface area contributed by atoms with Gasteiger partial charge in [0.15, 0.2) is 0 Å². The number of hydrogen-bond acceptors (Lipinski definition) is 3. The van der Waals surface area contributed by atoms with Crippen LogP contribution in [0.4, 0.5) is 17.1 Å². The van der Waals surface area contributed by atoms with Crippen LogP contribution in [0.25, 0.3) is 96.7 Å². The van der Waals surface area contributed by atoms with Crippen molar-refractivity contribution in [3.63, 3.8) is 0 Å². The second kappa shape index (κ2) is 12.7. The second-order valence-corrected chi connectivity index (χ2v) is 15.8. The van der Waals surface area contributed by atoms with E-state index in [9.17, 15) is 0 Å². The summed E-state index contributed by atoms with van der Waals surface area (Å²) in [7, 11) is 0. The van der Waals surface area contributed by atoms with Crippen molar-refractivity contribution in [3.8, 4) is 22.3 Å². The molecule has 0 atom stereocenters. The van der Waals surface area contributed by atoms with E-state index in [1.807, 2.05) is 17.4 Å². The minimum atomic E-state index is 0.865. The summed E-state index contributed by atoms with van der Waals surface area (Å²) in [6, 6.07) is 72.9. The van der Waals surface area contributed by atoms with Crippen LogP contribution in [0.3, 0.4) is 0 Å². The second-order valence-electron chi connectivity index (χ2n) is 14.8. The summed E-state index contributed by atoms with van der Waals surface area (Å²) in [6.07, 6.45) is 0. The van der Waals surface area contributed by atoms with Crippen molar-refractivity contribution < 1.29 is 4.42 Å². The molecule has 0 spiro atoms. The predicted molar refractivity (Wildman–Crippen MR) is 245 cm³/mol. The lowest BCUT2D eigenvalue weighted by atomic mass is 9.89. The summed E-state index contributed by atoms with van der Waals surface area (Å²) < 4.78 is 9.18. The van der Waals surface area contributed by atoms with E-state index in [0.29, 0.717) is 0 Å². The van der Waals surface area contributed by atoms with E-state index in [0.717, 1.165) is 39.0 Å². The van der Waals surface area contributed by atoms with Crippen LogP contribution in [-0.2, 0) is 0 Å². The topological polar surface area (TPSA) is 16.4 Å². The summed E-state index contributed by atoms with van der Waals surface area (Å²) in [4.78, 5) is 2.49. The first-order chi connectivity index (χ1) is 28.3. The van der Waals surface area contributed by atoms with Crippen molar-refractivity contribution >= 4 is 103 Å². The average Bonchev–Trinajstić information content (AvgIpc) is 3.86. The minimum Gasteiger partial charge on any atom is -0.456 e. The van der Waals surface area contributed by atoms with Gasteiger partial charge in [-0.15, -0.1) is 11.3 Å². The standard InChI is InChI=1S/C54H33NOS/c1-2-14-36-33-37(28-27-34(36)13-1)51-43-18-5-3-15-40(43)41-16-4-6-19-44(41)53(51)55(47-23-12-25-49-52(47)46-20-7-9-24-48(46)56-49)38-31-29-35(30-32-38)39-21-11-22-45-42-17-8-10-26-50(42)57-54(39)45/h1-33H. The lowest BCUT2D eigenvalue weighted by molar-refractivity contribution is 0.669. The molecule has 0 radical (unpaired) electrons. The summed E-state index contributed by atoms with van der Waals surface area (Å²) >= 11 is 1.87. The molecule has 0 N–H and O–H groups in total. The van der Waals surface area contributed by atoms with Crippen LogP contribution >= 0.6 is 11.3 Å². The maximum atomic E-state index is 6.55. The number of thiophene rings is 1. The van der Waals surface area contributed by atoms with Crippen LogP contribution in [-0.4, -0.2) is 0 Å². The highest BCUT2D eigenvalue weighted by atomic mass is 32.1. The van der Waals surface area contributed by atoms with Gasteiger partial charge in [-0.05, 0) is 86.1 Å². The van der Waals surface area contributed by atoms with Gasteiger partial charge in [0.25, 0.3) is 0 Å². The van der Waals surface area contributed by atoms with Crippen LogP contribution < -0.4 is 4.90 Å². The van der Waals surface area contributed by atoms with Gasteiger partial charge in [0, 0.05) is 42.2 Å². The summed E-state index contributed by atoms with van der Waals surface area (Å²) in [5.41, 5.74) is 9.84. The first kappa shape index (κ1) is 32.1. The van der Waals surface area contributed by atoms with Gasteiger partial charge in [0.1, 0.15) is 11.2 Å². The molecule has 0 fully saturated rings. The Bertz CT molecular complexity index is 3540. The highest BCUT2D eigenvalue weighted by Crippen LogP contribution is 2.52. The molecule has 3 heteroatoms. The van der Waals surface area contributed by atoms with Gasteiger partial charge in [-0.3, -0.25) is 0 Å². The number of fused-ring (bicyclic) bond motifs is 10. The van der Waals surface area contributed by atoms with Gasteiger partial charge in [-0.25, -0.2) is 0 Å². The molecule has 57 heavy (non-hydrogen) atoms. The Kier molecular flexibility index (Phi) is 7.13. The Morgan fingerprint density at radius 1 is 0.404 bits per heavy atom. The van der Waals surface area contributed by atoms with Crippen molar-refractivity contribution in [1.29, 1.82) is 0 Å². The lowest BCUT2D eigenvalue weighted by Gasteiger charge is -2.31. The molecule has 0 aliphatic carbocycles. The van der Waals surface area contributed by atoms with E-state index < -0.39 is 0 Å². The molecule has 0 aliphatic heterocycles. The summed E-state index contributed by atoms with van der Waals surface area (Å²) in [5, 5.41) is 12.1. The molecule has 2 nitrogen and oxygen atoms in total. The predicted octanol–water partition coefficient (Wildman–Crippen LogP) is 16.2. The summed E-state index contributed by atoms with van der Waals surface area (Å²) in [6.45, 7) is 0. The first-order valence-electron chi connectivity index (χ1n) is 19.4. The molecule has 12 aromatic rings. The van der Waals surface area contributed by atoms with Crippen LogP contribution in [0.2, 0.25) is 0 Å². The number of furan rings is 1. The minimum absolute atomic E-state index is 0.865. The van der Waals surface area contributed by atoms with Gasteiger partial charge < -0.3 is 9.32 Å². The van der Waals surface area contributed by atoms with Gasteiger partial charge in [0.2, 0.25) is 0 Å². The molecule has 266 valence electrons. The summed E-state index contributed by atoms with van der Waals surface area (Å²) in [5.74, 6) is 0. The zero-order valence-electron chi connectivity index (χ0n) is 30.8. The molecule has 0 unspecified atom stereocenters. The van der Waals surface area contributed by atoms with Crippen molar-refractivity contribution in [2.45, 2.75) is 0 Å². The average molecular weight is 744 g/mol. The zero-order chi connectivity index (χ0) is 37.5. The van der Waals surface area contributed by atoms with E-state index in [1.165, 1.54) is 74.7 Å². The van der Waals surface area contributed by atoms with Gasteiger partial charge in [-0.1, -0.05) is 158 Å². The quantitative estimate of drug-likeness (QED) is 0.163. The van der Waals surface area contributed by atoms with Crippen molar-refractivity contribution in [2.24, 2.45) is 0 Å². The van der Waals surface area contributed by atoms with E-state index >= 15 is 0 Å². The third-order valence-electron chi connectivity index (χ3n) is 11.6. The Balaban J connectivity index is 1.18. The fourth-order valence-corrected chi connectivity index (χ4v) is 10.3. The fraction of sp³-hybridized carbons (Fsp3) is 0. The van der Waals surface area contributed by atoms with Crippen LogP contribution in [0.15, 0.2) is 205 Å². The van der Waals surface area contributed by atoms with Gasteiger partial charge in [-0.2, -0.15) is 0 Å². The third-order valence-corrected chi connectivity index (χ3v) is 12.8. The molecule has 0 bridgehead atoms. The molecule has 12 rings (SSSR count). The molecule has 10 aromatic carbocycles. The van der Waals surface area contributed by atoms with Gasteiger partial charge in [0.05, 0.1) is 16.8 Å². The monoisotopic (exact) mass is 743 g/mol.